The molecule has 0 radical (unpaired) electrons. The highest BCUT2D eigenvalue weighted by Crippen LogP contribution is 2.33. The topological polar surface area (TPSA) is 71.7 Å². The quantitative estimate of drug-likeness (QED) is 0.753. The molecule has 2 aliphatic heterocycles. The van der Waals surface area contributed by atoms with Crippen LogP contribution >= 0.6 is 11.3 Å². The van der Waals surface area contributed by atoms with Crippen molar-refractivity contribution >= 4 is 27.6 Å². The normalized spacial score (nSPS) is 21.9. The smallest absolute Gasteiger partial charge is 0.315 e. The van der Waals surface area contributed by atoms with Gasteiger partial charge in [-0.05, 0) is 36.2 Å². The first-order chi connectivity index (χ1) is 13.2. The zero-order valence-electron chi connectivity index (χ0n) is 14.7. The van der Waals surface area contributed by atoms with Crippen LogP contribution in [0.3, 0.4) is 0 Å². The van der Waals surface area contributed by atoms with Crippen LogP contribution in [-0.4, -0.2) is 46.0 Å². The van der Waals surface area contributed by atoms with Crippen LogP contribution in [0, 0.1) is 0 Å². The molecule has 6 nitrogen and oxygen atoms in total. The Morgan fingerprint density at radius 2 is 1.96 bits per heavy atom. The van der Waals surface area contributed by atoms with Crippen LogP contribution in [0.15, 0.2) is 48.5 Å². The third-order valence-electron chi connectivity index (χ3n) is 5.43. The lowest BCUT2D eigenvalue weighted by Gasteiger charge is -2.33. The fourth-order valence-corrected chi connectivity index (χ4v) is 4.94. The predicted octanol–water partition coefficient (Wildman–Crippen LogP) is 3.43. The lowest BCUT2D eigenvalue weighted by Crippen LogP contribution is -2.50. The van der Waals surface area contributed by atoms with E-state index in [-0.39, 0.29) is 12.1 Å². The molecule has 0 saturated carbocycles. The van der Waals surface area contributed by atoms with Gasteiger partial charge in [0.15, 0.2) is 0 Å². The maximum absolute atomic E-state index is 11.4. The highest BCUT2D eigenvalue weighted by molar-refractivity contribution is 7.20. The molecule has 2 aromatic carbocycles. The van der Waals surface area contributed by atoms with Crippen molar-refractivity contribution in [3.05, 3.63) is 54.1 Å². The minimum atomic E-state index is -0.293. The van der Waals surface area contributed by atoms with Gasteiger partial charge in [0.1, 0.15) is 5.75 Å². The monoisotopic (exact) mass is 380 g/mol. The number of rotatable bonds is 4. The van der Waals surface area contributed by atoms with Gasteiger partial charge in [-0.2, -0.15) is 0 Å². The minimum absolute atomic E-state index is 0.272. The van der Waals surface area contributed by atoms with E-state index in [9.17, 15) is 4.79 Å². The van der Waals surface area contributed by atoms with Crippen LogP contribution in [0.4, 0.5) is 4.79 Å². The molecule has 1 aromatic heterocycles. The van der Waals surface area contributed by atoms with E-state index in [1.54, 1.807) is 16.2 Å². The van der Waals surface area contributed by atoms with Gasteiger partial charge in [-0.25, -0.2) is 9.78 Å². The van der Waals surface area contributed by atoms with Gasteiger partial charge in [0.25, 0.3) is 5.19 Å². The number of para-hydroxylation sites is 1. The predicted molar refractivity (Wildman–Crippen MR) is 105 cm³/mol. The lowest BCUT2D eigenvalue weighted by molar-refractivity contribution is 0.137. The van der Waals surface area contributed by atoms with Gasteiger partial charge in [-0.15, -0.1) is 0 Å². The minimum Gasteiger partial charge on any atom is -0.431 e. The number of ether oxygens (including phenoxy) is 1. The van der Waals surface area contributed by atoms with Crippen molar-refractivity contribution in [3.63, 3.8) is 0 Å². The summed E-state index contributed by atoms with van der Waals surface area (Å²) in [4.78, 5) is 20.2. The van der Waals surface area contributed by atoms with Gasteiger partial charge in [0.05, 0.1) is 10.2 Å². The van der Waals surface area contributed by atoms with E-state index in [4.69, 9.17) is 10.5 Å². The Hall–Kier alpha value is -2.64. The Balaban J connectivity index is 1.23. The molecule has 2 fully saturated rings. The Morgan fingerprint density at radius 3 is 2.67 bits per heavy atom. The number of fused-ring (bicyclic) bond motifs is 3. The van der Waals surface area contributed by atoms with Crippen molar-refractivity contribution < 1.29 is 9.53 Å². The average molecular weight is 380 g/mol. The molecule has 2 aliphatic rings. The van der Waals surface area contributed by atoms with Gasteiger partial charge < -0.3 is 15.4 Å². The largest absolute Gasteiger partial charge is 0.431 e. The molecule has 7 heteroatoms. The number of nitrogens with two attached hydrogens (primary N) is 1. The van der Waals surface area contributed by atoms with Crippen LogP contribution in [0.2, 0.25) is 0 Å². The van der Waals surface area contributed by atoms with Gasteiger partial charge >= 0.3 is 6.03 Å². The summed E-state index contributed by atoms with van der Waals surface area (Å²) in [6.45, 7) is 2.53. The second kappa shape index (κ2) is 6.51. The van der Waals surface area contributed by atoms with Crippen LogP contribution in [-0.2, 0) is 6.54 Å². The number of urea groups is 1. The number of carbonyl (C=O) groups excluding carboxylic acids is 1. The maximum atomic E-state index is 11.4. The first-order valence-corrected chi connectivity index (χ1v) is 9.90. The summed E-state index contributed by atoms with van der Waals surface area (Å²) in [6.07, 6.45) is 1.03. The van der Waals surface area contributed by atoms with E-state index in [1.165, 1.54) is 5.56 Å². The van der Waals surface area contributed by atoms with E-state index in [2.05, 4.69) is 22.0 Å². The van der Waals surface area contributed by atoms with E-state index in [1.807, 2.05) is 36.4 Å². The van der Waals surface area contributed by atoms with Gasteiger partial charge in [-0.1, -0.05) is 35.6 Å². The molecule has 0 aliphatic carbocycles. The third-order valence-corrected chi connectivity index (χ3v) is 6.34. The molecule has 2 bridgehead atoms. The number of thiazole rings is 1. The zero-order valence-corrected chi connectivity index (χ0v) is 15.6. The highest BCUT2D eigenvalue weighted by Gasteiger charge is 2.44. The van der Waals surface area contributed by atoms with Gasteiger partial charge in [-0.3, -0.25) is 4.90 Å². The summed E-state index contributed by atoms with van der Waals surface area (Å²) in [6, 6.07) is 16.6. The fraction of sp³-hybridized carbons (Fsp3) is 0.300. The van der Waals surface area contributed by atoms with Gasteiger partial charge in [0, 0.05) is 31.7 Å². The second-order valence-corrected chi connectivity index (χ2v) is 8.15. The van der Waals surface area contributed by atoms with Crippen molar-refractivity contribution in [2.75, 3.05) is 13.1 Å². The van der Waals surface area contributed by atoms with Crippen LogP contribution in [0.5, 0.6) is 10.9 Å². The van der Waals surface area contributed by atoms with Crippen LogP contribution < -0.4 is 10.5 Å². The lowest BCUT2D eigenvalue weighted by atomic mass is 10.2. The summed E-state index contributed by atoms with van der Waals surface area (Å²) in [7, 11) is 0. The second-order valence-electron chi connectivity index (χ2n) is 7.16. The number of amides is 2. The standard InChI is InChI=1S/C20H20N4O2S/c21-19(25)24-12-14-9-15(24)11-23(14)10-13-5-7-16(8-6-13)26-20-22-17-3-1-2-4-18(17)27-20/h1-8,14-15H,9-12H2,(H2,21,25)/t14-,15+/m1/s1. The van der Waals surface area contributed by atoms with E-state index in [0.717, 1.165) is 42.0 Å². The molecule has 2 N–H and O–H groups in total. The number of likely N-dealkylation sites (tertiary alicyclic amines) is 2. The summed E-state index contributed by atoms with van der Waals surface area (Å²) in [5.74, 6) is 0.792. The number of aromatic nitrogens is 1. The molecule has 27 heavy (non-hydrogen) atoms. The van der Waals surface area contributed by atoms with Gasteiger partial charge in [0.2, 0.25) is 0 Å². The SMILES string of the molecule is NC(=O)N1C[C@H]2C[C@H]1CN2Cc1ccc(Oc2nc3ccccc3s2)cc1. The molecule has 3 heterocycles. The molecule has 2 amide bonds. The summed E-state index contributed by atoms with van der Waals surface area (Å²) >= 11 is 1.55. The molecule has 5 rings (SSSR count). The molecule has 3 aromatic rings. The number of benzene rings is 2. The molecular weight excluding hydrogens is 360 g/mol. The van der Waals surface area contributed by atoms with E-state index in [0.29, 0.717) is 11.2 Å². The van der Waals surface area contributed by atoms with Crippen molar-refractivity contribution in [3.8, 4) is 10.9 Å². The first-order valence-electron chi connectivity index (χ1n) is 9.08. The zero-order chi connectivity index (χ0) is 18.4. The van der Waals surface area contributed by atoms with E-state index < -0.39 is 0 Å². The number of hydrogen-bond acceptors (Lipinski definition) is 5. The summed E-state index contributed by atoms with van der Waals surface area (Å²) in [5, 5.41) is 0.660. The molecule has 2 saturated heterocycles. The number of piperazine rings is 1. The van der Waals surface area contributed by atoms with Crippen LogP contribution in [0.1, 0.15) is 12.0 Å². The number of carbonyl (C=O) groups is 1. The third kappa shape index (κ3) is 3.13. The van der Waals surface area contributed by atoms with Crippen molar-refractivity contribution in [2.24, 2.45) is 5.73 Å². The average Bonchev–Trinajstić information content (AvgIpc) is 3.36. The molecular formula is C20H20N4O2S. The molecule has 2 atom stereocenters. The fourth-order valence-electron chi connectivity index (χ4n) is 4.11. The number of hydrogen-bond donors (Lipinski definition) is 1. The Labute approximate surface area is 161 Å². The van der Waals surface area contributed by atoms with Crippen molar-refractivity contribution in [2.45, 2.75) is 25.0 Å². The first kappa shape index (κ1) is 16.5. The highest BCUT2D eigenvalue weighted by atomic mass is 32.1. The Morgan fingerprint density at radius 1 is 1.15 bits per heavy atom. The number of nitrogens with zero attached hydrogens (tertiary/aromatic N) is 3. The Kier molecular flexibility index (Phi) is 3.98. The van der Waals surface area contributed by atoms with E-state index >= 15 is 0 Å². The van der Waals surface area contributed by atoms with Crippen molar-refractivity contribution in [1.29, 1.82) is 0 Å². The molecule has 0 unspecified atom stereocenters. The van der Waals surface area contributed by atoms with Crippen LogP contribution in [0.25, 0.3) is 10.2 Å². The Bertz CT molecular complexity index is 954. The van der Waals surface area contributed by atoms with Crippen molar-refractivity contribution in [1.82, 2.24) is 14.8 Å². The molecule has 138 valence electrons. The molecule has 0 spiro atoms. The summed E-state index contributed by atoms with van der Waals surface area (Å²) < 4.78 is 7.04. The maximum Gasteiger partial charge on any atom is 0.315 e. The number of primary amides is 1. The summed E-state index contributed by atoms with van der Waals surface area (Å²) in [5.41, 5.74) is 7.64.